The van der Waals surface area contributed by atoms with E-state index in [4.69, 9.17) is 26.2 Å². The third kappa shape index (κ3) is 4.17. The number of primary sulfonamides is 1. The highest BCUT2D eigenvalue weighted by molar-refractivity contribution is 9.10. The van der Waals surface area contributed by atoms with Gasteiger partial charge in [-0.2, -0.15) is 0 Å². The molecule has 9 heteroatoms. The van der Waals surface area contributed by atoms with E-state index in [1.54, 1.807) is 0 Å². The van der Waals surface area contributed by atoms with Gasteiger partial charge in [0.2, 0.25) is 10.0 Å². The third-order valence-corrected chi connectivity index (χ3v) is 5.15. The molecule has 21 heavy (non-hydrogen) atoms. The molecule has 1 fully saturated rings. The maximum Gasteiger partial charge on any atom is 0.339 e. The second-order valence-electron chi connectivity index (χ2n) is 4.54. The van der Waals surface area contributed by atoms with Gasteiger partial charge in [-0.25, -0.2) is 18.4 Å². The monoisotopic (exact) mass is 397 g/mol. The molecule has 2 N–H and O–H groups in total. The summed E-state index contributed by atoms with van der Waals surface area (Å²) in [7, 11) is -3.97. The van der Waals surface area contributed by atoms with Gasteiger partial charge in [0.15, 0.2) is 0 Å². The summed E-state index contributed by atoms with van der Waals surface area (Å²) in [5, 5.41) is 5.15. The Morgan fingerprint density at radius 1 is 1.52 bits per heavy atom. The number of carbonyl (C=O) groups excluding carboxylic acids is 1. The van der Waals surface area contributed by atoms with Gasteiger partial charge in [-0.15, -0.1) is 0 Å². The summed E-state index contributed by atoms with van der Waals surface area (Å²) in [5.74, 6) is -0.715. The van der Waals surface area contributed by atoms with Crippen LogP contribution in [0.4, 0.5) is 0 Å². The number of ether oxygens (including phenoxy) is 2. The lowest BCUT2D eigenvalue weighted by atomic mass is 10.2. The molecule has 1 aliphatic rings. The summed E-state index contributed by atoms with van der Waals surface area (Å²) >= 11 is 8.99. The topological polar surface area (TPSA) is 95.7 Å². The smallest absolute Gasteiger partial charge is 0.339 e. The molecule has 0 spiro atoms. The van der Waals surface area contributed by atoms with E-state index in [1.165, 1.54) is 6.07 Å². The second kappa shape index (κ2) is 6.62. The predicted octanol–water partition coefficient (Wildman–Crippen LogP) is 2.09. The van der Waals surface area contributed by atoms with E-state index in [-0.39, 0.29) is 32.7 Å². The molecule has 0 radical (unpaired) electrons. The number of hydrogen-bond acceptors (Lipinski definition) is 5. The van der Waals surface area contributed by atoms with Crippen molar-refractivity contribution in [3.05, 3.63) is 27.2 Å². The number of esters is 1. The number of rotatable bonds is 4. The summed E-state index contributed by atoms with van der Waals surface area (Å²) in [4.78, 5) is 11.8. The molecule has 0 bridgehead atoms. The molecule has 1 aromatic rings. The van der Waals surface area contributed by atoms with Crippen LogP contribution in [-0.2, 0) is 19.5 Å². The average Bonchev–Trinajstić information content (AvgIpc) is 2.87. The van der Waals surface area contributed by atoms with Gasteiger partial charge in [-0.1, -0.05) is 11.6 Å². The van der Waals surface area contributed by atoms with Gasteiger partial charge < -0.3 is 9.47 Å². The predicted molar refractivity (Wildman–Crippen MR) is 79.8 cm³/mol. The lowest BCUT2D eigenvalue weighted by Crippen LogP contribution is -2.19. The summed E-state index contributed by atoms with van der Waals surface area (Å²) in [5.41, 5.74) is -0.0538. The normalized spacial score (nSPS) is 18.7. The van der Waals surface area contributed by atoms with Crippen LogP contribution < -0.4 is 5.14 Å². The van der Waals surface area contributed by atoms with Crippen molar-refractivity contribution in [1.82, 2.24) is 0 Å². The number of halogens is 2. The molecule has 1 aliphatic heterocycles. The zero-order valence-corrected chi connectivity index (χ0v) is 14.0. The van der Waals surface area contributed by atoms with Crippen molar-refractivity contribution in [2.24, 2.45) is 5.14 Å². The molecule has 0 aliphatic carbocycles. The first-order chi connectivity index (χ1) is 9.79. The van der Waals surface area contributed by atoms with Crippen LogP contribution in [0.25, 0.3) is 0 Å². The molecule has 0 saturated carbocycles. The fourth-order valence-electron chi connectivity index (χ4n) is 1.93. The average molecular weight is 399 g/mol. The van der Waals surface area contributed by atoms with Crippen LogP contribution in [0.3, 0.4) is 0 Å². The maximum atomic E-state index is 12.0. The first kappa shape index (κ1) is 16.7. The van der Waals surface area contributed by atoms with Gasteiger partial charge >= 0.3 is 5.97 Å². The Kier molecular flexibility index (Phi) is 5.26. The number of hydrogen-bond donors (Lipinski definition) is 1. The van der Waals surface area contributed by atoms with Gasteiger partial charge in [-0.05, 0) is 40.9 Å². The van der Waals surface area contributed by atoms with E-state index in [1.807, 2.05) is 0 Å². The van der Waals surface area contributed by atoms with Crippen molar-refractivity contribution in [3.63, 3.8) is 0 Å². The first-order valence-corrected chi connectivity index (χ1v) is 8.81. The van der Waals surface area contributed by atoms with E-state index in [0.717, 1.165) is 18.9 Å². The van der Waals surface area contributed by atoms with Crippen LogP contribution in [0, 0.1) is 0 Å². The molecule has 0 amide bonds. The zero-order chi connectivity index (χ0) is 15.6. The fraction of sp³-hybridized carbons (Fsp3) is 0.417. The highest BCUT2D eigenvalue weighted by Gasteiger charge is 2.22. The molecule has 2 rings (SSSR count). The number of sulfonamides is 1. The Bertz CT molecular complexity index is 658. The number of nitrogens with two attached hydrogens (primary N) is 1. The van der Waals surface area contributed by atoms with Crippen LogP contribution in [-0.4, -0.2) is 33.7 Å². The van der Waals surface area contributed by atoms with Gasteiger partial charge in [0.25, 0.3) is 0 Å². The van der Waals surface area contributed by atoms with Crippen LogP contribution >= 0.6 is 27.5 Å². The van der Waals surface area contributed by atoms with Crippen LogP contribution in [0.2, 0.25) is 5.02 Å². The lowest BCUT2D eigenvalue weighted by molar-refractivity contribution is 0.0161. The SMILES string of the molecule is NS(=O)(=O)c1cc(C(=O)OCC2CCCO2)c(Cl)cc1Br. The molecular formula is C12H13BrClNO5S. The minimum atomic E-state index is -3.97. The van der Waals surface area contributed by atoms with Gasteiger partial charge in [-0.3, -0.25) is 0 Å². The van der Waals surface area contributed by atoms with Crippen molar-refractivity contribution >= 4 is 43.5 Å². The standard InChI is InChI=1S/C12H13BrClNO5S/c13-9-5-10(14)8(4-11(9)21(15,17)18)12(16)20-6-7-2-1-3-19-7/h4-5,7H,1-3,6H2,(H2,15,17,18). The molecule has 1 unspecified atom stereocenters. The van der Waals surface area contributed by atoms with Crippen LogP contribution in [0.1, 0.15) is 23.2 Å². The largest absolute Gasteiger partial charge is 0.459 e. The van der Waals surface area contributed by atoms with E-state index in [0.29, 0.717) is 6.61 Å². The van der Waals surface area contributed by atoms with Gasteiger partial charge in [0.05, 0.1) is 21.6 Å². The highest BCUT2D eigenvalue weighted by Crippen LogP contribution is 2.29. The Labute approximate surface area is 135 Å². The quantitative estimate of drug-likeness (QED) is 0.783. The van der Waals surface area contributed by atoms with Crippen molar-refractivity contribution in [2.75, 3.05) is 13.2 Å². The van der Waals surface area contributed by atoms with Crippen molar-refractivity contribution in [3.8, 4) is 0 Å². The summed E-state index contributed by atoms with van der Waals surface area (Å²) in [6, 6.07) is 2.39. The van der Waals surface area contributed by atoms with Crippen molar-refractivity contribution in [2.45, 2.75) is 23.8 Å². The van der Waals surface area contributed by atoms with Gasteiger partial charge in [0, 0.05) is 11.1 Å². The Balaban J connectivity index is 2.20. The fourth-order valence-corrected chi connectivity index (χ4v) is 3.93. The van der Waals surface area contributed by atoms with Crippen LogP contribution in [0.5, 0.6) is 0 Å². The molecule has 6 nitrogen and oxygen atoms in total. The zero-order valence-electron chi connectivity index (χ0n) is 10.8. The molecule has 1 atom stereocenters. The van der Waals surface area contributed by atoms with E-state index < -0.39 is 16.0 Å². The van der Waals surface area contributed by atoms with E-state index in [9.17, 15) is 13.2 Å². The van der Waals surface area contributed by atoms with E-state index in [2.05, 4.69) is 15.9 Å². The molecule has 116 valence electrons. The Morgan fingerprint density at radius 3 is 2.81 bits per heavy atom. The Morgan fingerprint density at radius 2 is 2.24 bits per heavy atom. The minimum absolute atomic E-state index is 0.0538. The number of carbonyl (C=O) groups is 1. The summed E-state index contributed by atoms with van der Waals surface area (Å²) < 4.78 is 33.5. The third-order valence-electron chi connectivity index (χ3n) is 2.97. The van der Waals surface area contributed by atoms with Gasteiger partial charge in [0.1, 0.15) is 6.61 Å². The number of benzene rings is 1. The molecular weight excluding hydrogens is 386 g/mol. The molecule has 1 heterocycles. The van der Waals surface area contributed by atoms with Crippen molar-refractivity contribution in [1.29, 1.82) is 0 Å². The summed E-state index contributed by atoms with van der Waals surface area (Å²) in [6.45, 7) is 0.757. The van der Waals surface area contributed by atoms with E-state index >= 15 is 0 Å². The molecule has 0 aromatic heterocycles. The van der Waals surface area contributed by atoms with Crippen LogP contribution in [0.15, 0.2) is 21.5 Å². The molecule has 1 aromatic carbocycles. The minimum Gasteiger partial charge on any atom is -0.459 e. The summed E-state index contributed by atoms with van der Waals surface area (Å²) in [6.07, 6.45) is 1.63. The second-order valence-corrected chi connectivity index (χ2v) is 7.33. The maximum absolute atomic E-state index is 12.0. The Hall–Kier alpha value is -0.670. The molecule has 1 saturated heterocycles. The first-order valence-electron chi connectivity index (χ1n) is 6.09. The lowest BCUT2D eigenvalue weighted by Gasteiger charge is -2.12. The van der Waals surface area contributed by atoms with Crippen molar-refractivity contribution < 1.29 is 22.7 Å². The highest BCUT2D eigenvalue weighted by atomic mass is 79.9.